The number of hydrogen-bond donors (Lipinski definition) is 1. The van der Waals surface area contributed by atoms with Gasteiger partial charge in [-0.3, -0.25) is 0 Å². The van der Waals surface area contributed by atoms with Crippen LogP contribution in [0.15, 0.2) is 0 Å². The fraction of sp³-hybridized carbons (Fsp3) is 1.00. The van der Waals surface area contributed by atoms with E-state index in [0.29, 0.717) is 0 Å². The number of ether oxygens (including phenoxy) is 1. The molecule has 0 aromatic carbocycles. The van der Waals surface area contributed by atoms with Crippen LogP contribution in [0, 0.1) is 5.92 Å². The van der Waals surface area contributed by atoms with E-state index in [-0.39, 0.29) is 0 Å². The third-order valence-corrected chi connectivity index (χ3v) is 3.29. The number of hydrogen-bond acceptors (Lipinski definition) is 2. The van der Waals surface area contributed by atoms with Crippen molar-refractivity contribution < 1.29 is 4.74 Å². The summed E-state index contributed by atoms with van der Waals surface area (Å²) in [6.45, 7) is 7.39. The highest BCUT2D eigenvalue weighted by molar-refractivity contribution is 4.75. The lowest BCUT2D eigenvalue weighted by Crippen LogP contribution is -2.34. The third-order valence-electron chi connectivity index (χ3n) is 3.29. The van der Waals surface area contributed by atoms with Gasteiger partial charge in [0, 0.05) is 19.3 Å². The highest BCUT2D eigenvalue weighted by Crippen LogP contribution is 2.23. The highest BCUT2D eigenvalue weighted by Gasteiger charge is 2.17. The van der Waals surface area contributed by atoms with Gasteiger partial charge in [0.2, 0.25) is 0 Å². The lowest BCUT2D eigenvalue weighted by Gasteiger charge is -2.27. The van der Waals surface area contributed by atoms with Crippen molar-refractivity contribution in [3.8, 4) is 0 Å². The van der Waals surface area contributed by atoms with E-state index in [1.165, 1.54) is 45.1 Å². The van der Waals surface area contributed by atoms with E-state index in [1.807, 2.05) is 0 Å². The maximum atomic E-state index is 5.31. The topological polar surface area (TPSA) is 21.3 Å². The van der Waals surface area contributed by atoms with Crippen LogP contribution in [0.4, 0.5) is 0 Å². The Kier molecular flexibility index (Phi) is 7.03. The van der Waals surface area contributed by atoms with Crippen molar-refractivity contribution >= 4 is 0 Å². The van der Waals surface area contributed by atoms with Crippen LogP contribution in [0.1, 0.15) is 52.4 Å². The Hall–Kier alpha value is -0.0800. The van der Waals surface area contributed by atoms with Crippen LogP contribution >= 0.6 is 0 Å². The van der Waals surface area contributed by atoms with Crippen molar-refractivity contribution in [3.63, 3.8) is 0 Å². The van der Waals surface area contributed by atoms with Crippen LogP contribution in [0.2, 0.25) is 0 Å². The van der Waals surface area contributed by atoms with Gasteiger partial charge in [-0.25, -0.2) is 0 Å². The fourth-order valence-electron chi connectivity index (χ4n) is 2.40. The molecule has 15 heavy (non-hydrogen) atoms. The molecule has 0 spiro atoms. The van der Waals surface area contributed by atoms with E-state index in [0.717, 1.165) is 25.2 Å². The largest absolute Gasteiger partial charge is 0.382 e. The van der Waals surface area contributed by atoms with Crippen LogP contribution in [0.3, 0.4) is 0 Å². The van der Waals surface area contributed by atoms with Crippen molar-refractivity contribution in [1.29, 1.82) is 0 Å². The molecule has 90 valence electrons. The standard InChI is InChI=1S/C13H27NO/c1-3-15-10-5-4-9-14-13-8-6-7-12(2)11-13/h12-14H,3-11H2,1-2H3. The first-order valence-corrected chi connectivity index (χ1v) is 6.64. The minimum absolute atomic E-state index is 0.792. The second-order valence-electron chi connectivity index (χ2n) is 4.83. The molecule has 0 bridgehead atoms. The Labute approximate surface area is 94.8 Å². The second-order valence-corrected chi connectivity index (χ2v) is 4.83. The summed E-state index contributed by atoms with van der Waals surface area (Å²) in [7, 11) is 0. The molecule has 0 amide bonds. The van der Waals surface area contributed by atoms with Gasteiger partial charge >= 0.3 is 0 Å². The zero-order valence-electron chi connectivity index (χ0n) is 10.4. The first kappa shape index (κ1) is 13.0. The summed E-state index contributed by atoms with van der Waals surface area (Å²) in [5.41, 5.74) is 0. The first-order chi connectivity index (χ1) is 7.33. The van der Waals surface area contributed by atoms with Crippen LogP contribution < -0.4 is 5.32 Å². The molecule has 2 heteroatoms. The molecule has 2 unspecified atom stereocenters. The van der Waals surface area contributed by atoms with E-state index in [2.05, 4.69) is 19.2 Å². The zero-order valence-corrected chi connectivity index (χ0v) is 10.4. The van der Waals surface area contributed by atoms with Crippen LogP contribution in [0.25, 0.3) is 0 Å². The second kappa shape index (κ2) is 8.12. The van der Waals surface area contributed by atoms with Crippen LogP contribution in [-0.4, -0.2) is 25.8 Å². The molecule has 0 aromatic heterocycles. The molecule has 1 aliphatic carbocycles. The van der Waals surface area contributed by atoms with Gasteiger partial charge in [-0.05, 0) is 45.1 Å². The molecule has 0 aliphatic heterocycles. The molecule has 1 aliphatic rings. The van der Waals surface area contributed by atoms with E-state index < -0.39 is 0 Å². The maximum Gasteiger partial charge on any atom is 0.0466 e. The summed E-state index contributed by atoms with van der Waals surface area (Å²) in [6, 6.07) is 0.792. The highest BCUT2D eigenvalue weighted by atomic mass is 16.5. The molecule has 2 nitrogen and oxygen atoms in total. The molecule has 0 heterocycles. The molecular formula is C13H27NO. The molecule has 1 saturated carbocycles. The molecular weight excluding hydrogens is 186 g/mol. The van der Waals surface area contributed by atoms with Crippen LogP contribution in [0.5, 0.6) is 0 Å². The van der Waals surface area contributed by atoms with Crippen molar-refractivity contribution in [2.24, 2.45) is 5.92 Å². The predicted molar refractivity (Wildman–Crippen MR) is 65.1 cm³/mol. The Morgan fingerprint density at radius 3 is 2.87 bits per heavy atom. The molecule has 0 aromatic rings. The van der Waals surface area contributed by atoms with Gasteiger partial charge in [-0.2, -0.15) is 0 Å². The van der Waals surface area contributed by atoms with Gasteiger partial charge in [0.05, 0.1) is 0 Å². The van der Waals surface area contributed by atoms with Crippen LogP contribution in [-0.2, 0) is 4.74 Å². The lowest BCUT2D eigenvalue weighted by molar-refractivity contribution is 0.143. The maximum absolute atomic E-state index is 5.31. The Balaban J connectivity index is 1.90. The van der Waals surface area contributed by atoms with E-state index >= 15 is 0 Å². The molecule has 0 radical (unpaired) electrons. The quantitative estimate of drug-likeness (QED) is 0.656. The summed E-state index contributed by atoms with van der Waals surface area (Å²) in [4.78, 5) is 0. The first-order valence-electron chi connectivity index (χ1n) is 6.64. The van der Waals surface area contributed by atoms with Crippen molar-refractivity contribution in [2.75, 3.05) is 19.8 Å². The molecule has 0 saturated heterocycles. The van der Waals surface area contributed by atoms with Gasteiger partial charge in [0.1, 0.15) is 0 Å². The van der Waals surface area contributed by atoms with E-state index in [9.17, 15) is 0 Å². The van der Waals surface area contributed by atoms with Gasteiger partial charge in [-0.1, -0.05) is 19.8 Å². The van der Waals surface area contributed by atoms with Crippen molar-refractivity contribution in [3.05, 3.63) is 0 Å². The van der Waals surface area contributed by atoms with Gasteiger partial charge in [0.15, 0.2) is 0 Å². The Bertz CT molecular complexity index is 149. The zero-order chi connectivity index (χ0) is 10.9. The minimum Gasteiger partial charge on any atom is -0.382 e. The normalized spacial score (nSPS) is 26.8. The average Bonchev–Trinajstić information content (AvgIpc) is 2.23. The summed E-state index contributed by atoms with van der Waals surface area (Å²) in [5.74, 6) is 0.930. The average molecular weight is 213 g/mol. The molecule has 1 N–H and O–H groups in total. The van der Waals surface area contributed by atoms with Crippen molar-refractivity contribution in [2.45, 2.75) is 58.4 Å². The Morgan fingerprint density at radius 1 is 1.27 bits per heavy atom. The van der Waals surface area contributed by atoms with Gasteiger partial charge in [0.25, 0.3) is 0 Å². The fourth-order valence-corrected chi connectivity index (χ4v) is 2.40. The smallest absolute Gasteiger partial charge is 0.0466 e. The lowest BCUT2D eigenvalue weighted by atomic mass is 9.87. The Morgan fingerprint density at radius 2 is 2.13 bits per heavy atom. The van der Waals surface area contributed by atoms with Crippen molar-refractivity contribution in [1.82, 2.24) is 5.32 Å². The molecule has 1 fully saturated rings. The monoisotopic (exact) mass is 213 g/mol. The molecule has 1 rings (SSSR count). The van der Waals surface area contributed by atoms with E-state index in [1.54, 1.807) is 0 Å². The minimum atomic E-state index is 0.792. The number of nitrogens with one attached hydrogen (secondary N) is 1. The third kappa shape index (κ3) is 6.16. The van der Waals surface area contributed by atoms with Gasteiger partial charge < -0.3 is 10.1 Å². The van der Waals surface area contributed by atoms with Gasteiger partial charge in [-0.15, -0.1) is 0 Å². The predicted octanol–water partition coefficient (Wildman–Crippen LogP) is 2.97. The number of unbranched alkanes of at least 4 members (excludes halogenated alkanes) is 1. The van der Waals surface area contributed by atoms with E-state index in [4.69, 9.17) is 4.74 Å². The summed E-state index contributed by atoms with van der Waals surface area (Å²) >= 11 is 0. The summed E-state index contributed by atoms with van der Waals surface area (Å²) in [5, 5.41) is 3.67. The SMILES string of the molecule is CCOCCCCNC1CCCC(C)C1. The summed E-state index contributed by atoms with van der Waals surface area (Å²) in [6.07, 6.45) is 8.07. The number of rotatable bonds is 7. The molecule has 2 atom stereocenters. The summed E-state index contributed by atoms with van der Waals surface area (Å²) < 4.78 is 5.31.